The Labute approximate surface area is 195 Å². The van der Waals surface area contributed by atoms with Crippen molar-refractivity contribution in [3.05, 3.63) is 27.8 Å². The Morgan fingerprint density at radius 3 is 2.03 bits per heavy atom. The molecule has 1 aliphatic heterocycles. The number of carboxylic acid groups (broad SMARTS) is 1. The Kier molecular flexibility index (Phi) is 8.71. The molecular weight excluding hydrogens is 428 g/mol. The van der Waals surface area contributed by atoms with Gasteiger partial charge in [0.1, 0.15) is 12.2 Å². The van der Waals surface area contributed by atoms with Crippen molar-refractivity contribution in [3.63, 3.8) is 0 Å². The molecular formula is C24H36N2O7. The fraction of sp³-hybridized carbons (Fsp3) is 0.625. The van der Waals surface area contributed by atoms with Crippen molar-refractivity contribution in [2.75, 3.05) is 44.8 Å². The molecule has 0 aromatic heterocycles. The number of benzene rings is 1. The highest BCUT2D eigenvalue weighted by atomic mass is 16.6. The zero-order valence-corrected chi connectivity index (χ0v) is 20.7. The molecule has 1 fully saturated rings. The van der Waals surface area contributed by atoms with E-state index in [2.05, 4.69) is 4.90 Å². The molecule has 1 aromatic rings. The predicted molar refractivity (Wildman–Crippen MR) is 124 cm³/mol. The average Bonchev–Trinajstić information content (AvgIpc) is 2.72. The molecule has 0 aliphatic carbocycles. The summed E-state index contributed by atoms with van der Waals surface area (Å²) in [5.41, 5.74) is 5.01. The van der Waals surface area contributed by atoms with E-state index in [-0.39, 0.29) is 25.1 Å². The number of nitrogens with zero attached hydrogens (tertiary/aromatic N) is 2. The number of methoxy groups -OCH3 is 1. The smallest absolute Gasteiger partial charge is 0.410 e. The van der Waals surface area contributed by atoms with Crippen molar-refractivity contribution in [1.29, 1.82) is 0 Å². The molecule has 9 heteroatoms. The van der Waals surface area contributed by atoms with Gasteiger partial charge < -0.3 is 29.1 Å². The van der Waals surface area contributed by atoms with E-state index >= 15 is 0 Å². The number of hydrogen-bond acceptors (Lipinski definition) is 7. The summed E-state index contributed by atoms with van der Waals surface area (Å²) in [6.45, 7) is 13.4. The lowest BCUT2D eigenvalue weighted by Crippen LogP contribution is -2.50. The van der Waals surface area contributed by atoms with Crippen LogP contribution in [0.5, 0.6) is 0 Å². The van der Waals surface area contributed by atoms with Crippen molar-refractivity contribution in [2.24, 2.45) is 0 Å². The second-order valence-electron chi connectivity index (χ2n) is 9.27. The first kappa shape index (κ1) is 26.4. The molecule has 0 radical (unpaired) electrons. The Morgan fingerprint density at radius 2 is 1.52 bits per heavy atom. The van der Waals surface area contributed by atoms with Crippen LogP contribution >= 0.6 is 0 Å². The standard InChI is InChI=1S/C24H36N2O7/c1-15-18(12-21(29)31-7)16(2)22(17(3)19(15)13-32-14-20(27)28)25-8-10-26(11-9-25)23(30)33-24(4,5)6/h8-14H2,1-7H3,(H,27,28). The number of amides is 1. The summed E-state index contributed by atoms with van der Waals surface area (Å²) in [5.74, 6) is -1.38. The van der Waals surface area contributed by atoms with E-state index in [1.807, 2.05) is 41.5 Å². The van der Waals surface area contributed by atoms with Crippen LogP contribution in [0.4, 0.5) is 10.5 Å². The number of esters is 1. The van der Waals surface area contributed by atoms with Crippen molar-refractivity contribution in [2.45, 2.75) is 60.2 Å². The number of aliphatic carboxylic acids is 1. The zero-order valence-electron chi connectivity index (χ0n) is 20.7. The number of carboxylic acids is 1. The van der Waals surface area contributed by atoms with Crippen LogP contribution in [-0.2, 0) is 36.8 Å². The number of anilines is 1. The van der Waals surface area contributed by atoms with Crippen LogP contribution in [0.1, 0.15) is 48.6 Å². The van der Waals surface area contributed by atoms with Gasteiger partial charge in [0.25, 0.3) is 0 Å². The number of rotatable bonds is 7. The summed E-state index contributed by atoms with van der Waals surface area (Å²) in [6, 6.07) is 0. The molecule has 0 bridgehead atoms. The van der Waals surface area contributed by atoms with Gasteiger partial charge in [-0.2, -0.15) is 0 Å². The molecule has 1 N–H and O–H groups in total. The van der Waals surface area contributed by atoms with Crippen molar-refractivity contribution >= 4 is 23.7 Å². The number of hydrogen-bond donors (Lipinski definition) is 1. The Bertz CT molecular complexity index is 897. The van der Waals surface area contributed by atoms with Crippen LogP contribution in [0.2, 0.25) is 0 Å². The van der Waals surface area contributed by atoms with Gasteiger partial charge in [0, 0.05) is 31.9 Å². The lowest BCUT2D eigenvalue weighted by Gasteiger charge is -2.39. The predicted octanol–water partition coefficient (Wildman–Crippen LogP) is 2.99. The third-order valence-electron chi connectivity index (χ3n) is 5.79. The maximum absolute atomic E-state index is 12.4. The first-order valence-electron chi connectivity index (χ1n) is 11.1. The molecule has 2 rings (SSSR count). The lowest BCUT2D eigenvalue weighted by atomic mass is 9.89. The monoisotopic (exact) mass is 464 g/mol. The molecule has 0 saturated carbocycles. The SMILES string of the molecule is COC(=O)Cc1c(C)c(COCC(=O)O)c(C)c(N2CCN(C(=O)OC(C)(C)C)CC2)c1C. The highest BCUT2D eigenvalue weighted by molar-refractivity contribution is 5.77. The average molecular weight is 465 g/mol. The van der Waals surface area contributed by atoms with Crippen molar-refractivity contribution < 1.29 is 33.7 Å². The molecule has 0 unspecified atom stereocenters. The highest BCUT2D eigenvalue weighted by Crippen LogP contribution is 2.35. The Morgan fingerprint density at radius 1 is 0.939 bits per heavy atom. The van der Waals surface area contributed by atoms with Crippen LogP contribution in [0, 0.1) is 20.8 Å². The first-order valence-corrected chi connectivity index (χ1v) is 11.1. The van der Waals surface area contributed by atoms with E-state index in [0.29, 0.717) is 26.2 Å². The van der Waals surface area contributed by atoms with E-state index in [4.69, 9.17) is 19.3 Å². The fourth-order valence-electron chi connectivity index (χ4n) is 4.16. The third kappa shape index (κ3) is 6.83. The minimum Gasteiger partial charge on any atom is -0.480 e. The van der Waals surface area contributed by atoms with Crippen molar-refractivity contribution in [1.82, 2.24) is 4.90 Å². The summed E-state index contributed by atoms with van der Waals surface area (Å²) in [5, 5.41) is 8.94. The Balaban J connectivity index is 2.35. The molecule has 1 saturated heterocycles. The molecule has 1 aromatic carbocycles. The summed E-state index contributed by atoms with van der Waals surface area (Å²) < 4.78 is 15.8. The third-order valence-corrected chi connectivity index (χ3v) is 5.79. The first-order chi connectivity index (χ1) is 15.4. The lowest BCUT2D eigenvalue weighted by molar-refractivity contribution is -0.142. The molecule has 1 amide bonds. The molecule has 33 heavy (non-hydrogen) atoms. The summed E-state index contributed by atoms with van der Waals surface area (Å²) in [7, 11) is 1.36. The van der Waals surface area contributed by atoms with Gasteiger partial charge in [-0.15, -0.1) is 0 Å². The van der Waals surface area contributed by atoms with E-state index in [9.17, 15) is 14.4 Å². The highest BCUT2D eigenvalue weighted by Gasteiger charge is 2.29. The molecule has 1 heterocycles. The number of carbonyl (C=O) groups excluding carboxylic acids is 2. The van der Waals surface area contributed by atoms with E-state index in [0.717, 1.165) is 33.5 Å². The largest absolute Gasteiger partial charge is 0.480 e. The van der Waals surface area contributed by atoms with Gasteiger partial charge in [-0.1, -0.05) is 0 Å². The second kappa shape index (κ2) is 10.9. The number of piperazine rings is 1. The van der Waals surface area contributed by atoms with Gasteiger partial charge >= 0.3 is 18.0 Å². The minimum atomic E-state index is -1.04. The molecule has 184 valence electrons. The summed E-state index contributed by atoms with van der Waals surface area (Å²) >= 11 is 0. The van der Waals surface area contributed by atoms with E-state index in [1.54, 1.807) is 4.90 Å². The maximum Gasteiger partial charge on any atom is 0.410 e. The van der Waals surface area contributed by atoms with Crippen LogP contribution in [0.3, 0.4) is 0 Å². The minimum absolute atomic E-state index is 0.116. The van der Waals surface area contributed by atoms with Gasteiger partial charge in [-0.3, -0.25) is 4.79 Å². The van der Waals surface area contributed by atoms with Gasteiger partial charge in [-0.05, 0) is 69.4 Å². The van der Waals surface area contributed by atoms with Crippen LogP contribution in [0.15, 0.2) is 0 Å². The second-order valence-corrected chi connectivity index (χ2v) is 9.27. The van der Waals surface area contributed by atoms with Gasteiger partial charge in [-0.25, -0.2) is 9.59 Å². The van der Waals surface area contributed by atoms with Gasteiger partial charge in [0.05, 0.1) is 20.1 Å². The zero-order chi connectivity index (χ0) is 24.9. The van der Waals surface area contributed by atoms with Crippen LogP contribution in [-0.4, -0.2) is 73.5 Å². The van der Waals surface area contributed by atoms with Crippen molar-refractivity contribution in [3.8, 4) is 0 Å². The fourth-order valence-corrected chi connectivity index (χ4v) is 4.16. The molecule has 0 atom stereocenters. The van der Waals surface area contributed by atoms with Crippen LogP contribution in [0.25, 0.3) is 0 Å². The molecule has 9 nitrogen and oxygen atoms in total. The molecule has 1 aliphatic rings. The Hall–Kier alpha value is -2.81. The normalized spacial score (nSPS) is 14.3. The van der Waals surface area contributed by atoms with Gasteiger partial charge in [0.15, 0.2) is 0 Å². The topological polar surface area (TPSA) is 106 Å². The van der Waals surface area contributed by atoms with E-state index < -0.39 is 18.2 Å². The maximum atomic E-state index is 12.4. The van der Waals surface area contributed by atoms with Crippen LogP contribution < -0.4 is 4.90 Å². The quantitative estimate of drug-likeness (QED) is 0.614. The molecule has 0 spiro atoms. The van der Waals surface area contributed by atoms with Gasteiger partial charge in [0.2, 0.25) is 0 Å². The summed E-state index contributed by atoms with van der Waals surface area (Å²) in [4.78, 5) is 39.4. The number of carbonyl (C=O) groups is 3. The van der Waals surface area contributed by atoms with E-state index in [1.165, 1.54) is 7.11 Å². The number of ether oxygens (including phenoxy) is 3. The summed E-state index contributed by atoms with van der Waals surface area (Å²) in [6.07, 6.45) is -0.209.